The van der Waals surface area contributed by atoms with Crippen molar-refractivity contribution < 1.29 is 23.7 Å². The lowest BCUT2D eigenvalue weighted by Gasteiger charge is -2.27. The predicted molar refractivity (Wildman–Crippen MR) is 83.1 cm³/mol. The number of amidine groups is 1. The van der Waals surface area contributed by atoms with Crippen molar-refractivity contribution >= 4 is 41.7 Å². The molecule has 0 aromatic heterocycles. The highest BCUT2D eigenvalue weighted by Gasteiger charge is 2.47. The first-order valence-electron chi connectivity index (χ1n) is 6.88. The molecule has 0 radical (unpaired) electrons. The number of ether oxygens (including phenoxy) is 1. The first-order chi connectivity index (χ1) is 10.4. The summed E-state index contributed by atoms with van der Waals surface area (Å²) in [6.45, 7) is 3.78. The summed E-state index contributed by atoms with van der Waals surface area (Å²) in [5, 5.41) is -0.444. The van der Waals surface area contributed by atoms with Gasteiger partial charge in [0, 0.05) is 4.91 Å². The predicted octanol–water partition coefficient (Wildman–Crippen LogP) is 0.888. The van der Waals surface area contributed by atoms with Crippen molar-refractivity contribution in [2.75, 3.05) is 20.7 Å². The molecule has 2 aliphatic rings. The molecule has 118 valence electrons. The van der Waals surface area contributed by atoms with E-state index in [2.05, 4.69) is 4.99 Å². The van der Waals surface area contributed by atoms with Crippen molar-refractivity contribution in [3.8, 4) is 0 Å². The van der Waals surface area contributed by atoms with E-state index in [1.165, 1.54) is 29.6 Å². The number of hydrogen-bond donors (Lipinski definition) is 0. The van der Waals surface area contributed by atoms with Crippen molar-refractivity contribution in [2.45, 2.75) is 19.1 Å². The van der Waals surface area contributed by atoms with E-state index in [4.69, 9.17) is 4.74 Å². The van der Waals surface area contributed by atoms with Gasteiger partial charge in [-0.1, -0.05) is 0 Å². The molecule has 2 rings (SSSR count). The molecule has 2 heterocycles. The highest BCUT2D eigenvalue weighted by Crippen LogP contribution is 2.34. The molecule has 3 amide bonds. The maximum absolute atomic E-state index is 12.4. The zero-order valence-corrected chi connectivity index (χ0v) is 13.7. The maximum Gasteiger partial charge on any atom is 0.445 e. The van der Waals surface area contributed by atoms with Crippen LogP contribution in [0.1, 0.15) is 13.8 Å². The topological polar surface area (TPSA) is 79.0 Å². The summed E-state index contributed by atoms with van der Waals surface area (Å²) in [6.07, 6.45) is 3.23. The Hall–Kier alpha value is -1.96. The monoisotopic (exact) mass is 324 g/mol. The van der Waals surface area contributed by atoms with Crippen LogP contribution in [0.15, 0.2) is 16.0 Å². The average molecular weight is 324 g/mol. The fourth-order valence-electron chi connectivity index (χ4n) is 2.23. The number of esters is 1. The highest BCUT2D eigenvalue weighted by atomic mass is 32.2. The summed E-state index contributed by atoms with van der Waals surface area (Å²) in [4.78, 5) is 42.0. The van der Waals surface area contributed by atoms with Gasteiger partial charge < -0.3 is 4.74 Å². The first kappa shape index (κ1) is 16.4. The minimum absolute atomic E-state index is 0.309. The third-order valence-corrected chi connectivity index (χ3v) is 4.60. The number of carbonyl (C=O) groups excluding carboxylic acids is 3. The van der Waals surface area contributed by atoms with E-state index in [1.807, 2.05) is 0 Å². The fourth-order valence-corrected chi connectivity index (χ4v) is 3.28. The van der Waals surface area contributed by atoms with Crippen molar-refractivity contribution in [3.05, 3.63) is 11.0 Å². The Morgan fingerprint density at radius 2 is 2.23 bits per heavy atom. The third kappa shape index (κ3) is 2.83. The number of carbonyl (C=O) groups is 3. The number of thioether (sulfide) groups is 1. The van der Waals surface area contributed by atoms with E-state index in [0.29, 0.717) is 17.3 Å². The second-order valence-corrected chi connectivity index (χ2v) is 6.30. The number of aliphatic imine (C=N–C) groups is 1. The summed E-state index contributed by atoms with van der Waals surface area (Å²) in [5.74, 6) is -0.947. The van der Waals surface area contributed by atoms with Crippen LogP contribution in [0.3, 0.4) is 0 Å². The molecule has 0 aromatic rings. The number of hydrogen-bond acceptors (Lipinski definition) is 6. The first-order valence-corrected chi connectivity index (χ1v) is 7.76. The van der Waals surface area contributed by atoms with Gasteiger partial charge in [0.15, 0.2) is 5.92 Å². The van der Waals surface area contributed by atoms with Crippen LogP contribution < -0.4 is 0 Å². The number of imide groups is 1. The minimum atomic E-state index is -0.653. The van der Waals surface area contributed by atoms with Crippen LogP contribution >= 0.6 is 11.8 Å². The third-order valence-electron chi connectivity index (χ3n) is 3.41. The number of dihydropyridines is 1. The Kier molecular flexibility index (Phi) is 4.80. The molecular weight excluding hydrogens is 306 g/mol. The van der Waals surface area contributed by atoms with E-state index < -0.39 is 17.2 Å². The molecule has 22 heavy (non-hydrogen) atoms. The van der Waals surface area contributed by atoms with Crippen molar-refractivity contribution in [1.82, 2.24) is 4.90 Å². The summed E-state index contributed by atoms with van der Waals surface area (Å²) >= 11 is 1.25. The standard InChI is InChI=1S/C14H18N3O4S/c1-5-21-13(19)8(2)22-9-6-7-15-11-10(9)12(18)17(4)14(20)16(11)3/h6-8,10H,5H2,1-4H3/q+1. The van der Waals surface area contributed by atoms with E-state index in [9.17, 15) is 14.4 Å². The molecule has 8 heteroatoms. The second-order valence-electron chi connectivity index (χ2n) is 4.89. The van der Waals surface area contributed by atoms with Crippen molar-refractivity contribution in [1.29, 1.82) is 0 Å². The van der Waals surface area contributed by atoms with Gasteiger partial charge in [0.05, 0.1) is 20.7 Å². The molecule has 0 aliphatic carbocycles. The van der Waals surface area contributed by atoms with Gasteiger partial charge in [-0.3, -0.25) is 9.59 Å². The van der Waals surface area contributed by atoms with Crippen LogP contribution in [0.2, 0.25) is 0 Å². The average Bonchev–Trinajstić information content (AvgIpc) is 2.50. The molecule has 0 N–H and O–H groups in total. The SMILES string of the molecule is CCOC(=O)C(C)SC1=CC=NC2=[N+](C)C(=O)N(C)C(=O)C12. The number of nitrogens with zero attached hydrogens (tertiary/aromatic N) is 3. The molecule has 0 fully saturated rings. The van der Waals surface area contributed by atoms with E-state index in [1.54, 1.807) is 27.0 Å². The zero-order chi connectivity index (χ0) is 16.4. The van der Waals surface area contributed by atoms with Gasteiger partial charge in [0.1, 0.15) is 11.5 Å². The van der Waals surface area contributed by atoms with Crippen LogP contribution in [0.25, 0.3) is 0 Å². The number of amides is 3. The Labute approximate surface area is 132 Å². The van der Waals surface area contributed by atoms with Crippen LogP contribution in [0, 0.1) is 5.92 Å². The molecule has 2 atom stereocenters. The molecule has 0 aromatic carbocycles. The lowest BCUT2D eigenvalue weighted by atomic mass is 10.0. The van der Waals surface area contributed by atoms with Crippen molar-refractivity contribution in [2.24, 2.45) is 10.9 Å². The molecule has 0 saturated carbocycles. The van der Waals surface area contributed by atoms with E-state index in [-0.39, 0.29) is 11.9 Å². The molecule has 0 saturated heterocycles. The van der Waals surface area contributed by atoms with Gasteiger partial charge in [-0.2, -0.15) is 9.48 Å². The lowest BCUT2D eigenvalue weighted by molar-refractivity contribution is -0.407. The van der Waals surface area contributed by atoms with E-state index >= 15 is 0 Å². The molecule has 0 bridgehead atoms. The molecule has 7 nitrogen and oxygen atoms in total. The van der Waals surface area contributed by atoms with Gasteiger partial charge in [0.25, 0.3) is 5.84 Å². The molecule has 2 aliphatic heterocycles. The van der Waals surface area contributed by atoms with Crippen LogP contribution in [0.5, 0.6) is 0 Å². The van der Waals surface area contributed by atoms with Gasteiger partial charge >= 0.3 is 17.9 Å². The Bertz CT molecular complexity index is 624. The number of urea groups is 1. The second kappa shape index (κ2) is 6.43. The summed E-state index contributed by atoms with van der Waals surface area (Å²) < 4.78 is 6.33. The number of allylic oxidation sites excluding steroid dienone is 1. The number of fused-ring (bicyclic) bond motifs is 1. The molecule has 2 unspecified atom stereocenters. The maximum atomic E-state index is 12.4. The molecule has 0 spiro atoms. The van der Waals surface area contributed by atoms with Gasteiger partial charge in [-0.15, -0.1) is 16.8 Å². The lowest BCUT2D eigenvalue weighted by Crippen LogP contribution is -2.52. The zero-order valence-electron chi connectivity index (χ0n) is 12.9. The Morgan fingerprint density at radius 3 is 2.86 bits per heavy atom. The van der Waals surface area contributed by atoms with E-state index in [0.717, 1.165) is 4.90 Å². The summed E-state index contributed by atoms with van der Waals surface area (Å²) in [6, 6.07) is -0.418. The largest absolute Gasteiger partial charge is 0.465 e. The Balaban J connectivity index is 2.29. The normalized spacial score (nSPS) is 22.5. The highest BCUT2D eigenvalue weighted by molar-refractivity contribution is 8.04. The van der Waals surface area contributed by atoms with Gasteiger partial charge in [-0.05, 0) is 19.9 Å². The summed E-state index contributed by atoms with van der Waals surface area (Å²) in [7, 11) is 3.01. The Morgan fingerprint density at radius 1 is 1.55 bits per heavy atom. The quantitative estimate of drug-likeness (QED) is 0.567. The van der Waals surface area contributed by atoms with Crippen LogP contribution in [0.4, 0.5) is 4.79 Å². The summed E-state index contributed by atoms with van der Waals surface area (Å²) in [5.41, 5.74) is 0. The van der Waals surface area contributed by atoms with Crippen LogP contribution in [-0.2, 0) is 14.3 Å². The van der Waals surface area contributed by atoms with Gasteiger partial charge in [0.2, 0.25) is 0 Å². The van der Waals surface area contributed by atoms with Crippen LogP contribution in [-0.4, -0.2) is 65.4 Å². The smallest absolute Gasteiger partial charge is 0.445 e. The van der Waals surface area contributed by atoms with Crippen molar-refractivity contribution in [3.63, 3.8) is 0 Å². The molecular formula is C14H18N3O4S+. The number of rotatable bonds is 4. The minimum Gasteiger partial charge on any atom is -0.465 e. The fraction of sp³-hybridized carbons (Fsp3) is 0.500. The van der Waals surface area contributed by atoms with Gasteiger partial charge in [-0.25, -0.2) is 4.79 Å².